The zero-order chi connectivity index (χ0) is 13.9. The van der Waals surface area contributed by atoms with Crippen LogP contribution in [0.1, 0.15) is 17.5 Å². The second kappa shape index (κ2) is 5.86. The molecule has 0 saturated heterocycles. The van der Waals surface area contributed by atoms with Crippen LogP contribution in [-0.4, -0.2) is 11.8 Å². The average Bonchev–Trinajstić information content (AvgIpc) is 2.88. The predicted octanol–water partition coefficient (Wildman–Crippen LogP) is 4.73. The Labute approximate surface area is 128 Å². The molecule has 1 heterocycles. The van der Waals surface area contributed by atoms with Gasteiger partial charge in [-0.05, 0) is 17.7 Å². The van der Waals surface area contributed by atoms with Gasteiger partial charge in [0.15, 0.2) is 0 Å². The highest BCUT2D eigenvalue weighted by molar-refractivity contribution is 6.40. The third-order valence-electron chi connectivity index (χ3n) is 3.29. The Balaban J connectivity index is 1.73. The fraction of sp³-hybridized carbons (Fsp3) is 0.188. The largest absolute Gasteiger partial charge is 0.391 e. The lowest BCUT2D eigenvalue weighted by atomic mass is 10.0. The van der Waals surface area contributed by atoms with Crippen LogP contribution in [0.25, 0.3) is 0 Å². The van der Waals surface area contributed by atoms with E-state index in [4.69, 9.17) is 28.0 Å². The van der Waals surface area contributed by atoms with E-state index in [1.165, 1.54) is 5.56 Å². The van der Waals surface area contributed by atoms with Gasteiger partial charge in [-0.2, -0.15) is 0 Å². The average molecular weight is 306 g/mol. The van der Waals surface area contributed by atoms with Crippen molar-refractivity contribution in [2.75, 3.05) is 0 Å². The molecule has 0 aromatic heterocycles. The zero-order valence-electron chi connectivity index (χ0n) is 10.7. The summed E-state index contributed by atoms with van der Waals surface area (Å²) in [6.07, 6.45) is 1.59. The summed E-state index contributed by atoms with van der Waals surface area (Å²) >= 11 is 12.4. The van der Waals surface area contributed by atoms with Crippen LogP contribution >= 0.6 is 23.2 Å². The minimum atomic E-state index is 0.0414. The summed E-state index contributed by atoms with van der Waals surface area (Å²) in [7, 11) is 0. The molecule has 1 unspecified atom stereocenters. The van der Waals surface area contributed by atoms with Crippen molar-refractivity contribution in [3.63, 3.8) is 0 Å². The highest BCUT2D eigenvalue weighted by Crippen LogP contribution is 2.29. The van der Waals surface area contributed by atoms with Crippen LogP contribution in [0, 0.1) is 0 Å². The quantitative estimate of drug-likeness (QED) is 0.803. The van der Waals surface area contributed by atoms with Crippen LogP contribution in [0.3, 0.4) is 0 Å². The van der Waals surface area contributed by atoms with Crippen LogP contribution in [0.15, 0.2) is 53.7 Å². The number of nitrogens with zero attached hydrogens (tertiary/aromatic N) is 1. The van der Waals surface area contributed by atoms with Gasteiger partial charge in [-0.1, -0.05) is 64.8 Å². The van der Waals surface area contributed by atoms with Crippen molar-refractivity contribution >= 4 is 28.9 Å². The molecule has 20 heavy (non-hydrogen) atoms. The second-order valence-corrected chi connectivity index (χ2v) is 5.57. The summed E-state index contributed by atoms with van der Waals surface area (Å²) in [5.74, 6) is 0. The summed E-state index contributed by atoms with van der Waals surface area (Å²) in [6, 6.07) is 15.7. The van der Waals surface area contributed by atoms with Gasteiger partial charge in [0.05, 0.1) is 15.8 Å². The monoisotopic (exact) mass is 305 g/mol. The van der Waals surface area contributed by atoms with E-state index in [1.807, 2.05) is 36.4 Å². The summed E-state index contributed by atoms with van der Waals surface area (Å²) in [4.78, 5) is 5.50. The molecule has 1 aliphatic heterocycles. The number of rotatable bonds is 3. The molecule has 1 atom stereocenters. The van der Waals surface area contributed by atoms with Gasteiger partial charge in [-0.25, -0.2) is 0 Å². The van der Waals surface area contributed by atoms with Crippen LogP contribution in [0.4, 0.5) is 0 Å². The van der Waals surface area contributed by atoms with E-state index < -0.39 is 0 Å². The first-order chi connectivity index (χ1) is 9.74. The molecule has 0 amide bonds. The summed E-state index contributed by atoms with van der Waals surface area (Å²) in [5.41, 5.74) is 2.84. The molecule has 4 heteroatoms. The lowest BCUT2D eigenvalue weighted by Gasteiger charge is -2.08. The first kappa shape index (κ1) is 13.5. The molecule has 0 saturated carbocycles. The van der Waals surface area contributed by atoms with E-state index in [0.29, 0.717) is 10.0 Å². The van der Waals surface area contributed by atoms with Crippen LogP contribution in [0.5, 0.6) is 0 Å². The smallest absolute Gasteiger partial charge is 0.137 e. The normalized spacial score (nSPS) is 17.7. The number of benzene rings is 2. The molecule has 3 rings (SSSR count). The van der Waals surface area contributed by atoms with E-state index >= 15 is 0 Å². The van der Waals surface area contributed by atoms with E-state index in [2.05, 4.69) is 17.3 Å². The Bertz CT molecular complexity index is 620. The highest BCUT2D eigenvalue weighted by atomic mass is 35.5. The zero-order valence-corrected chi connectivity index (χ0v) is 12.2. The van der Waals surface area contributed by atoms with Crippen LogP contribution in [0.2, 0.25) is 10.0 Å². The molecule has 2 nitrogen and oxygen atoms in total. The van der Waals surface area contributed by atoms with Gasteiger partial charge in [0.25, 0.3) is 0 Å². The third kappa shape index (κ3) is 2.82. The van der Waals surface area contributed by atoms with Gasteiger partial charge in [0, 0.05) is 18.4 Å². The lowest BCUT2D eigenvalue weighted by Crippen LogP contribution is -2.12. The first-order valence-electron chi connectivity index (χ1n) is 6.45. The fourth-order valence-corrected chi connectivity index (χ4v) is 2.95. The number of oxime groups is 1. The number of halogens is 2. The Hall–Kier alpha value is -1.51. The predicted molar refractivity (Wildman–Crippen MR) is 82.6 cm³/mol. The van der Waals surface area contributed by atoms with Crippen molar-refractivity contribution in [3.05, 3.63) is 69.7 Å². The van der Waals surface area contributed by atoms with Crippen molar-refractivity contribution in [1.29, 1.82) is 0 Å². The Morgan fingerprint density at radius 2 is 1.70 bits per heavy atom. The van der Waals surface area contributed by atoms with Gasteiger partial charge < -0.3 is 4.84 Å². The van der Waals surface area contributed by atoms with Crippen molar-refractivity contribution in [2.24, 2.45) is 5.16 Å². The molecular weight excluding hydrogens is 293 g/mol. The molecule has 0 spiro atoms. The van der Waals surface area contributed by atoms with Gasteiger partial charge in [-0.15, -0.1) is 0 Å². The van der Waals surface area contributed by atoms with E-state index in [1.54, 1.807) is 0 Å². The minimum Gasteiger partial charge on any atom is -0.391 e. The molecular formula is C16H13Cl2NO. The molecule has 0 aliphatic carbocycles. The summed E-state index contributed by atoms with van der Waals surface area (Å²) in [6.45, 7) is 0. The van der Waals surface area contributed by atoms with Crippen molar-refractivity contribution in [1.82, 2.24) is 0 Å². The molecule has 0 radical (unpaired) electrons. The Kier molecular flexibility index (Phi) is 3.95. The topological polar surface area (TPSA) is 21.6 Å². The Morgan fingerprint density at radius 3 is 2.40 bits per heavy atom. The maximum Gasteiger partial charge on any atom is 0.137 e. The maximum atomic E-state index is 6.20. The minimum absolute atomic E-state index is 0.0414. The molecule has 2 aromatic rings. The summed E-state index contributed by atoms with van der Waals surface area (Å²) < 4.78 is 0. The molecule has 0 fully saturated rings. The van der Waals surface area contributed by atoms with Crippen molar-refractivity contribution < 1.29 is 4.84 Å². The second-order valence-electron chi connectivity index (χ2n) is 4.76. The Morgan fingerprint density at radius 1 is 1.00 bits per heavy atom. The van der Waals surface area contributed by atoms with Gasteiger partial charge in [0.1, 0.15) is 6.10 Å². The van der Waals surface area contributed by atoms with Crippen molar-refractivity contribution in [2.45, 2.75) is 18.9 Å². The first-order valence-corrected chi connectivity index (χ1v) is 7.20. The molecule has 0 bridgehead atoms. The standard InChI is InChI=1S/C16H13Cl2NO/c17-13-7-4-8-14(18)16(13)15-10-12(20-19-15)9-11-5-2-1-3-6-11/h1-8,12H,9-10H2. The number of hydrogen-bond acceptors (Lipinski definition) is 2. The highest BCUT2D eigenvalue weighted by Gasteiger charge is 2.25. The third-order valence-corrected chi connectivity index (χ3v) is 3.92. The fourth-order valence-electron chi connectivity index (χ4n) is 2.34. The van der Waals surface area contributed by atoms with E-state index in [0.717, 1.165) is 24.1 Å². The molecule has 1 aliphatic rings. The molecule has 102 valence electrons. The van der Waals surface area contributed by atoms with Gasteiger partial charge >= 0.3 is 0 Å². The van der Waals surface area contributed by atoms with Crippen LogP contribution < -0.4 is 0 Å². The van der Waals surface area contributed by atoms with Gasteiger partial charge in [-0.3, -0.25) is 0 Å². The molecule has 0 N–H and O–H groups in total. The SMILES string of the molecule is Clc1cccc(Cl)c1C1=NOC(Cc2ccccc2)C1. The maximum absolute atomic E-state index is 6.20. The lowest BCUT2D eigenvalue weighted by molar-refractivity contribution is 0.0859. The van der Waals surface area contributed by atoms with E-state index in [9.17, 15) is 0 Å². The number of hydrogen-bond donors (Lipinski definition) is 0. The van der Waals surface area contributed by atoms with Crippen LogP contribution in [-0.2, 0) is 11.3 Å². The van der Waals surface area contributed by atoms with Crippen molar-refractivity contribution in [3.8, 4) is 0 Å². The van der Waals surface area contributed by atoms with Gasteiger partial charge in [0.2, 0.25) is 0 Å². The summed E-state index contributed by atoms with van der Waals surface area (Å²) in [5, 5.41) is 5.38. The van der Waals surface area contributed by atoms with E-state index in [-0.39, 0.29) is 6.10 Å². The molecule has 2 aromatic carbocycles.